The number of ether oxygens (including phenoxy) is 3. The first-order valence-corrected chi connectivity index (χ1v) is 7.19. The number of anilines is 1. The number of nitrogens with zero attached hydrogens (tertiary/aromatic N) is 1. The van der Waals surface area contributed by atoms with E-state index in [-0.39, 0.29) is 29.4 Å². The summed E-state index contributed by atoms with van der Waals surface area (Å²) in [6.07, 6.45) is 0. The van der Waals surface area contributed by atoms with Gasteiger partial charge in [-0.15, -0.1) is 0 Å². The Balaban J connectivity index is 2.11. The van der Waals surface area contributed by atoms with Crippen molar-refractivity contribution < 1.29 is 28.2 Å². The average Bonchev–Trinajstić information content (AvgIpc) is 2.94. The van der Waals surface area contributed by atoms with E-state index in [1.54, 1.807) is 24.3 Å². The number of carbonyl (C=O) groups excluding carboxylic acids is 2. The molecule has 0 radical (unpaired) electrons. The third-order valence-corrected chi connectivity index (χ3v) is 3.27. The molecule has 0 aliphatic rings. The maximum absolute atomic E-state index is 12.1. The second kappa shape index (κ2) is 7.88. The summed E-state index contributed by atoms with van der Waals surface area (Å²) in [6.45, 7) is 1.16. The van der Waals surface area contributed by atoms with Gasteiger partial charge in [-0.2, -0.15) is 5.26 Å². The molecule has 8 heteroatoms. The van der Waals surface area contributed by atoms with Gasteiger partial charge in [-0.3, -0.25) is 10.1 Å². The first kappa shape index (κ1) is 17.9. The fraction of sp³-hybridized carbons (Fsp3) is 0.235. The minimum Gasteiger partial charge on any atom is -0.493 e. The highest BCUT2D eigenvalue weighted by Crippen LogP contribution is 2.28. The number of rotatable bonds is 6. The van der Waals surface area contributed by atoms with Gasteiger partial charge in [0.05, 0.1) is 14.2 Å². The summed E-state index contributed by atoms with van der Waals surface area (Å²) in [6, 6.07) is 8.68. The second-order valence-corrected chi connectivity index (χ2v) is 4.83. The van der Waals surface area contributed by atoms with Gasteiger partial charge in [-0.25, -0.2) is 4.79 Å². The largest absolute Gasteiger partial charge is 0.493 e. The molecular formula is C17H16N2O6. The molecule has 1 aromatic heterocycles. The summed E-state index contributed by atoms with van der Waals surface area (Å²) in [5, 5.41) is 11.6. The summed E-state index contributed by atoms with van der Waals surface area (Å²) in [7, 11) is 2.68. The highest BCUT2D eigenvalue weighted by atomic mass is 16.5. The SMILES string of the molecule is COC(=O)c1c(C)oc(NC(=O)COc2ccccc2OC)c1C#N. The van der Waals surface area contributed by atoms with Gasteiger partial charge in [0.25, 0.3) is 5.91 Å². The average molecular weight is 344 g/mol. The lowest BCUT2D eigenvalue weighted by Gasteiger charge is -2.09. The number of hydrogen-bond acceptors (Lipinski definition) is 7. The summed E-state index contributed by atoms with van der Waals surface area (Å²) < 4.78 is 20.4. The molecule has 0 atom stereocenters. The number of furan rings is 1. The zero-order valence-electron chi connectivity index (χ0n) is 13.9. The monoisotopic (exact) mass is 344 g/mol. The van der Waals surface area contributed by atoms with Crippen LogP contribution in [0.2, 0.25) is 0 Å². The van der Waals surface area contributed by atoms with Gasteiger partial charge < -0.3 is 18.6 Å². The molecule has 0 saturated heterocycles. The van der Waals surface area contributed by atoms with E-state index in [0.29, 0.717) is 11.5 Å². The lowest BCUT2D eigenvalue weighted by atomic mass is 10.1. The number of methoxy groups -OCH3 is 2. The van der Waals surface area contributed by atoms with Crippen molar-refractivity contribution >= 4 is 17.8 Å². The van der Waals surface area contributed by atoms with E-state index in [1.165, 1.54) is 21.1 Å². The molecule has 2 rings (SSSR count). The van der Waals surface area contributed by atoms with Crippen LogP contribution in [0.1, 0.15) is 21.7 Å². The minimum absolute atomic E-state index is 0.0223. The molecule has 1 N–H and O–H groups in total. The molecule has 0 bridgehead atoms. The third kappa shape index (κ3) is 3.90. The van der Waals surface area contributed by atoms with Crippen molar-refractivity contribution in [1.82, 2.24) is 0 Å². The maximum atomic E-state index is 12.1. The quantitative estimate of drug-likeness (QED) is 0.800. The van der Waals surface area contributed by atoms with Crippen LogP contribution in [0, 0.1) is 18.3 Å². The molecule has 1 heterocycles. The Labute approximate surface area is 143 Å². The van der Waals surface area contributed by atoms with Crippen molar-refractivity contribution in [3.63, 3.8) is 0 Å². The number of nitriles is 1. The summed E-state index contributed by atoms with van der Waals surface area (Å²) in [4.78, 5) is 23.8. The van der Waals surface area contributed by atoms with Crippen molar-refractivity contribution in [3.05, 3.63) is 41.2 Å². The molecule has 25 heavy (non-hydrogen) atoms. The maximum Gasteiger partial charge on any atom is 0.342 e. The molecule has 0 saturated carbocycles. The molecule has 1 amide bonds. The van der Waals surface area contributed by atoms with E-state index in [9.17, 15) is 14.9 Å². The number of nitrogens with one attached hydrogen (secondary N) is 1. The second-order valence-electron chi connectivity index (χ2n) is 4.83. The topological polar surface area (TPSA) is 111 Å². The molecule has 0 spiro atoms. The van der Waals surface area contributed by atoms with E-state index in [1.807, 2.05) is 6.07 Å². The number of esters is 1. The Kier molecular flexibility index (Phi) is 5.63. The lowest BCUT2D eigenvalue weighted by Crippen LogP contribution is -2.20. The minimum atomic E-state index is -0.719. The molecule has 8 nitrogen and oxygen atoms in total. The van der Waals surface area contributed by atoms with E-state index < -0.39 is 11.9 Å². The van der Waals surface area contributed by atoms with E-state index in [4.69, 9.17) is 13.9 Å². The number of carbonyl (C=O) groups is 2. The zero-order valence-corrected chi connectivity index (χ0v) is 13.9. The van der Waals surface area contributed by atoms with Crippen LogP contribution >= 0.6 is 0 Å². The molecule has 2 aromatic rings. The van der Waals surface area contributed by atoms with Gasteiger partial charge in [-0.1, -0.05) is 12.1 Å². The van der Waals surface area contributed by atoms with Gasteiger partial charge in [-0.05, 0) is 19.1 Å². The van der Waals surface area contributed by atoms with Gasteiger partial charge in [0.1, 0.15) is 23.0 Å². The number of benzene rings is 1. The first-order chi connectivity index (χ1) is 12.0. The first-order valence-electron chi connectivity index (χ1n) is 7.19. The van der Waals surface area contributed by atoms with Gasteiger partial charge in [0, 0.05) is 0 Å². The fourth-order valence-corrected chi connectivity index (χ4v) is 2.13. The number of aryl methyl sites for hydroxylation is 1. The van der Waals surface area contributed by atoms with Crippen molar-refractivity contribution in [3.8, 4) is 17.6 Å². The number of para-hydroxylation sites is 2. The van der Waals surface area contributed by atoms with Crippen molar-refractivity contribution in [2.75, 3.05) is 26.1 Å². The fourth-order valence-electron chi connectivity index (χ4n) is 2.13. The predicted octanol–water partition coefficient (Wildman–Crippen LogP) is 2.27. The van der Waals surface area contributed by atoms with Crippen LogP contribution in [0.15, 0.2) is 28.7 Å². The molecular weight excluding hydrogens is 328 g/mol. The smallest absolute Gasteiger partial charge is 0.342 e. The van der Waals surface area contributed by atoms with Crippen LogP contribution in [0.25, 0.3) is 0 Å². The molecule has 130 valence electrons. The Hall–Kier alpha value is -3.47. The summed E-state index contributed by atoms with van der Waals surface area (Å²) >= 11 is 0. The van der Waals surface area contributed by atoms with Crippen molar-refractivity contribution in [1.29, 1.82) is 5.26 Å². The Morgan fingerprint density at radius 1 is 1.24 bits per heavy atom. The highest BCUT2D eigenvalue weighted by Gasteiger charge is 2.25. The summed E-state index contributed by atoms with van der Waals surface area (Å²) in [5.41, 5.74) is -0.124. The van der Waals surface area contributed by atoms with E-state index >= 15 is 0 Å². The van der Waals surface area contributed by atoms with Gasteiger partial charge in [0.2, 0.25) is 5.88 Å². The number of amides is 1. The standard InChI is InChI=1S/C17H16N2O6/c1-10-15(17(21)23-3)11(8-18)16(25-10)19-14(20)9-24-13-7-5-4-6-12(13)22-2/h4-7H,9H2,1-3H3,(H,19,20). The molecule has 0 fully saturated rings. The Bertz CT molecular complexity index is 834. The lowest BCUT2D eigenvalue weighted by molar-refractivity contribution is -0.118. The number of hydrogen-bond donors (Lipinski definition) is 1. The van der Waals surface area contributed by atoms with Gasteiger partial charge >= 0.3 is 5.97 Å². The third-order valence-electron chi connectivity index (χ3n) is 3.27. The van der Waals surface area contributed by atoms with Crippen LogP contribution in [0.5, 0.6) is 11.5 Å². The molecule has 0 aliphatic carbocycles. The molecule has 1 aromatic carbocycles. The predicted molar refractivity (Wildman–Crippen MR) is 86.6 cm³/mol. The van der Waals surface area contributed by atoms with Crippen LogP contribution in [-0.2, 0) is 9.53 Å². The zero-order chi connectivity index (χ0) is 18.4. The van der Waals surface area contributed by atoms with Crippen LogP contribution < -0.4 is 14.8 Å². The normalized spacial score (nSPS) is 9.84. The van der Waals surface area contributed by atoms with Crippen LogP contribution in [-0.4, -0.2) is 32.7 Å². The Morgan fingerprint density at radius 2 is 1.92 bits per heavy atom. The molecule has 0 unspecified atom stereocenters. The van der Waals surface area contributed by atoms with E-state index in [2.05, 4.69) is 10.1 Å². The van der Waals surface area contributed by atoms with E-state index in [0.717, 1.165) is 0 Å². The van der Waals surface area contributed by atoms with Gasteiger partial charge in [0.15, 0.2) is 18.1 Å². The highest BCUT2D eigenvalue weighted by molar-refractivity contribution is 5.98. The van der Waals surface area contributed by atoms with Crippen LogP contribution in [0.4, 0.5) is 5.88 Å². The summed E-state index contributed by atoms with van der Waals surface area (Å²) in [5.74, 6) is -0.365. The Morgan fingerprint density at radius 3 is 2.52 bits per heavy atom. The van der Waals surface area contributed by atoms with Crippen molar-refractivity contribution in [2.24, 2.45) is 0 Å². The van der Waals surface area contributed by atoms with Crippen molar-refractivity contribution in [2.45, 2.75) is 6.92 Å². The van der Waals surface area contributed by atoms with Crippen LogP contribution in [0.3, 0.4) is 0 Å². The molecule has 0 aliphatic heterocycles.